The van der Waals surface area contributed by atoms with Crippen LogP contribution in [0.4, 0.5) is 5.69 Å². The molecule has 5 nitrogen and oxygen atoms in total. The second kappa shape index (κ2) is 7.61. The van der Waals surface area contributed by atoms with Gasteiger partial charge in [0.1, 0.15) is 0 Å². The lowest BCUT2D eigenvalue weighted by Crippen LogP contribution is -2.54. The van der Waals surface area contributed by atoms with Gasteiger partial charge in [0.25, 0.3) is 5.91 Å². The second-order valence-electron chi connectivity index (χ2n) is 5.95. The molecule has 0 bridgehead atoms. The van der Waals surface area contributed by atoms with Crippen molar-refractivity contribution in [3.63, 3.8) is 0 Å². The van der Waals surface area contributed by atoms with Crippen molar-refractivity contribution in [2.75, 3.05) is 26.0 Å². The smallest absolute Gasteiger partial charge is 0.253 e. The molecule has 1 atom stereocenters. The molecule has 0 aromatic heterocycles. The number of nitrogens with zero attached hydrogens (tertiary/aromatic N) is 1. The Hall–Kier alpha value is -1.59. The highest BCUT2D eigenvalue weighted by atomic mass is 35.5. The average molecular weight is 326 g/mol. The van der Waals surface area contributed by atoms with Crippen molar-refractivity contribution < 1.29 is 9.59 Å². The Morgan fingerprint density at radius 3 is 2.32 bits per heavy atom. The van der Waals surface area contributed by atoms with Crippen molar-refractivity contribution in [2.24, 2.45) is 0 Å². The number of carbonyl (C=O) groups is 2. The molecule has 1 aliphatic heterocycles. The molecule has 1 aliphatic rings. The highest BCUT2D eigenvalue weighted by Gasteiger charge is 2.34. The maximum Gasteiger partial charge on any atom is 0.253 e. The van der Waals surface area contributed by atoms with Gasteiger partial charge in [-0.1, -0.05) is 0 Å². The minimum absolute atomic E-state index is 0. The van der Waals surface area contributed by atoms with E-state index in [0.717, 1.165) is 25.8 Å². The standard InChI is InChI=1S/C16H23N3O2.ClH/c1-16(10-4-5-11-17-16)15(21)18-13-8-6-12(7-9-13)14(20)19(2)3;/h6-9,17H,4-5,10-11H2,1-3H3,(H,18,21);1H. The Balaban J connectivity index is 0.00000242. The lowest BCUT2D eigenvalue weighted by atomic mass is 9.90. The van der Waals surface area contributed by atoms with Crippen molar-refractivity contribution >= 4 is 29.9 Å². The van der Waals surface area contributed by atoms with Crippen LogP contribution in [-0.4, -0.2) is 42.9 Å². The number of amides is 2. The van der Waals surface area contributed by atoms with Gasteiger partial charge in [0, 0.05) is 25.3 Å². The molecule has 1 aromatic carbocycles. The van der Waals surface area contributed by atoms with Gasteiger partial charge >= 0.3 is 0 Å². The van der Waals surface area contributed by atoms with E-state index in [9.17, 15) is 9.59 Å². The average Bonchev–Trinajstić information content (AvgIpc) is 2.48. The van der Waals surface area contributed by atoms with E-state index in [-0.39, 0.29) is 24.2 Å². The van der Waals surface area contributed by atoms with Crippen LogP contribution in [0.3, 0.4) is 0 Å². The summed E-state index contributed by atoms with van der Waals surface area (Å²) in [6.45, 7) is 2.81. The van der Waals surface area contributed by atoms with Gasteiger partial charge in [0.2, 0.25) is 5.91 Å². The van der Waals surface area contributed by atoms with Crippen LogP contribution in [-0.2, 0) is 4.79 Å². The number of hydrogen-bond donors (Lipinski definition) is 2. The number of piperidine rings is 1. The summed E-state index contributed by atoms with van der Waals surface area (Å²) < 4.78 is 0. The van der Waals surface area contributed by atoms with E-state index in [4.69, 9.17) is 0 Å². The first-order valence-electron chi connectivity index (χ1n) is 7.30. The van der Waals surface area contributed by atoms with Crippen LogP contribution in [0.25, 0.3) is 0 Å². The normalized spacial score (nSPS) is 20.7. The van der Waals surface area contributed by atoms with E-state index in [0.29, 0.717) is 11.3 Å². The fourth-order valence-electron chi connectivity index (χ4n) is 2.47. The molecule has 1 heterocycles. The number of nitrogens with one attached hydrogen (secondary N) is 2. The third kappa shape index (κ3) is 4.21. The molecule has 2 amide bonds. The third-order valence-corrected chi connectivity index (χ3v) is 3.92. The Morgan fingerprint density at radius 1 is 1.18 bits per heavy atom. The summed E-state index contributed by atoms with van der Waals surface area (Å²) in [6.07, 6.45) is 3.02. The quantitative estimate of drug-likeness (QED) is 0.896. The van der Waals surface area contributed by atoms with Crippen molar-refractivity contribution in [1.82, 2.24) is 10.2 Å². The number of carbonyl (C=O) groups excluding carboxylic acids is 2. The molecule has 1 fully saturated rings. The van der Waals surface area contributed by atoms with Gasteiger partial charge < -0.3 is 15.5 Å². The fraction of sp³-hybridized carbons (Fsp3) is 0.500. The fourth-order valence-corrected chi connectivity index (χ4v) is 2.47. The molecule has 22 heavy (non-hydrogen) atoms. The zero-order valence-electron chi connectivity index (χ0n) is 13.3. The van der Waals surface area contributed by atoms with Crippen LogP contribution in [0.1, 0.15) is 36.5 Å². The van der Waals surface area contributed by atoms with E-state index in [1.165, 1.54) is 4.90 Å². The summed E-state index contributed by atoms with van der Waals surface area (Å²) in [6, 6.07) is 6.99. The molecule has 6 heteroatoms. The zero-order chi connectivity index (χ0) is 15.5. The van der Waals surface area contributed by atoms with Crippen LogP contribution in [0.15, 0.2) is 24.3 Å². The van der Waals surface area contributed by atoms with Gasteiger partial charge in [-0.3, -0.25) is 9.59 Å². The Bertz CT molecular complexity index is 523. The topological polar surface area (TPSA) is 61.4 Å². The minimum atomic E-state index is -0.504. The second-order valence-corrected chi connectivity index (χ2v) is 5.95. The summed E-state index contributed by atoms with van der Waals surface area (Å²) in [5.41, 5.74) is 0.819. The monoisotopic (exact) mass is 325 g/mol. The maximum absolute atomic E-state index is 12.4. The maximum atomic E-state index is 12.4. The van der Waals surface area contributed by atoms with Crippen molar-refractivity contribution in [1.29, 1.82) is 0 Å². The van der Waals surface area contributed by atoms with E-state index in [2.05, 4.69) is 10.6 Å². The highest BCUT2D eigenvalue weighted by molar-refractivity contribution is 5.99. The summed E-state index contributed by atoms with van der Waals surface area (Å²) >= 11 is 0. The molecule has 1 unspecified atom stereocenters. The van der Waals surface area contributed by atoms with Gasteiger partial charge in [-0.25, -0.2) is 0 Å². The van der Waals surface area contributed by atoms with E-state index >= 15 is 0 Å². The summed E-state index contributed by atoms with van der Waals surface area (Å²) in [5, 5.41) is 6.21. The predicted octanol–water partition coefficient (Wildman–Crippen LogP) is 2.28. The number of benzene rings is 1. The molecule has 0 saturated carbocycles. The largest absolute Gasteiger partial charge is 0.345 e. The number of hydrogen-bond acceptors (Lipinski definition) is 3. The summed E-state index contributed by atoms with van der Waals surface area (Å²) in [7, 11) is 3.43. The molecule has 1 saturated heterocycles. The molecule has 0 radical (unpaired) electrons. The third-order valence-electron chi connectivity index (χ3n) is 3.92. The van der Waals surface area contributed by atoms with Crippen molar-refractivity contribution in [2.45, 2.75) is 31.7 Å². The first-order chi connectivity index (χ1) is 9.92. The van der Waals surface area contributed by atoms with E-state index in [1.54, 1.807) is 38.4 Å². The summed E-state index contributed by atoms with van der Waals surface area (Å²) in [4.78, 5) is 25.7. The first kappa shape index (κ1) is 18.5. The number of rotatable bonds is 3. The summed E-state index contributed by atoms with van der Waals surface area (Å²) in [5.74, 6) is -0.0670. The Kier molecular flexibility index (Phi) is 6.38. The SMILES string of the molecule is CN(C)C(=O)c1ccc(NC(=O)C2(C)CCCCN2)cc1.Cl. The van der Waals surface area contributed by atoms with Gasteiger partial charge in [-0.2, -0.15) is 0 Å². The van der Waals surface area contributed by atoms with Crippen LogP contribution < -0.4 is 10.6 Å². The van der Waals surface area contributed by atoms with Crippen LogP contribution in [0.2, 0.25) is 0 Å². The highest BCUT2D eigenvalue weighted by Crippen LogP contribution is 2.21. The van der Waals surface area contributed by atoms with Crippen molar-refractivity contribution in [3.8, 4) is 0 Å². The van der Waals surface area contributed by atoms with Gasteiger partial charge in [0.05, 0.1) is 5.54 Å². The lowest BCUT2D eigenvalue weighted by molar-refractivity contribution is -0.122. The van der Waals surface area contributed by atoms with Gasteiger partial charge in [-0.15, -0.1) is 12.4 Å². The molecule has 0 spiro atoms. The van der Waals surface area contributed by atoms with Crippen LogP contribution in [0, 0.1) is 0 Å². The molecule has 2 N–H and O–H groups in total. The number of anilines is 1. The number of halogens is 1. The first-order valence-corrected chi connectivity index (χ1v) is 7.30. The lowest BCUT2D eigenvalue weighted by Gasteiger charge is -2.33. The van der Waals surface area contributed by atoms with E-state index < -0.39 is 5.54 Å². The molecule has 2 rings (SSSR count). The zero-order valence-corrected chi connectivity index (χ0v) is 14.1. The molecule has 1 aromatic rings. The molecular formula is C16H24ClN3O2. The van der Waals surface area contributed by atoms with Crippen molar-refractivity contribution in [3.05, 3.63) is 29.8 Å². The molecule has 122 valence electrons. The predicted molar refractivity (Wildman–Crippen MR) is 90.6 cm³/mol. The Labute approximate surface area is 137 Å². The van der Waals surface area contributed by atoms with Gasteiger partial charge in [-0.05, 0) is 57.0 Å². The molecule has 0 aliphatic carbocycles. The van der Waals surface area contributed by atoms with Gasteiger partial charge in [0.15, 0.2) is 0 Å². The van der Waals surface area contributed by atoms with Crippen LogP contribution in [0.5, 0.6) is 0 Å². The minimum Gasteiger partial charge on any atom is -0.345 e. The van der Waals surface area contributed by atoms with Crippen LogP contribution >= 0.6 is 12.4 Å². The molecular weight excluding hydrogens is 302 g/mol. The van der Waals surface area contributed by atoms with E-state index in [1.807, 2.05) is 6.92 Å². The Morgan fingerprint density at radius 2 is 1.82 bits per heavy atom.